The van der Waals surface area contributed by atoms with E-state index in [9.17, 15) is 4.79 Å². The highest BCUT2D eigenvalue weighted by Crippen LogP contribution is 2.34. The quantitative estimate of drug-likeness (QED) is 0.827. The highest BCUT2D eigenvalue weighted by Gasteiger charge is 2.30. The molecule has 138 valence electrons. The third kappa shape index (κ3) is 3.30. The standard InChI is InChI=1S/C19H25N5O2/c1-13-11-17(26-22-13)16-12-20-14(2)21-18(16)15-5-9-24(10-6-15)19(25)23-7-3-4-8-23/h11-12,15H,3-10H2,1-2H3. The normalized spacial score (nSPS) is 18.5. The Bertz CT molecular complexity index is 789. The zero-order valence-corrected chi connectivity index (χ0v) is 15.4. The molecule has 0 saturated carbocycles. The van der Waals surface area contributed by atoms with E-state index in [0.29, 0.717) is 11.7 Å². The van der Waals surface area contributed by atoms with Crippen molar-refractivity contribution in [3.05, 3.63) is 29.5 Å². The lowest BCUT2D eigenvalue weighted by Crippen LogP contribution is -2.45. The van der Waals surface area contributed by atoms with Gasteiger partial charge < -0.3 is 14.3 Å². The van der Waals surface area contributed by atoms with Gasteiger partial charge in [0.15, 0.2) is 5.76 Å². The lowest BCUT2D eigenvalue weighted by atomic mass is 9.90. The number of urea groups is 1. The molecule has 26 heavy (non-hydrogen) atoms. The van der Waals surface area contributed by atoms with Gasteiger partial charge in [0.25, 0.3) is 0 Å². The zero-order valence-electron chi connectivity index (χ0n) is 15.4. The fourth-order valence-corrected chi connectivity index (χ4v) is 3.93. The third-order valence-corrected chi connectivity index (χ3v) is 5.36. The molecular formula is C19H25N5O2. The Labute approximate surface area is 153 Å². The molecular weight excluding hydrogens is 330 g/mol. The number of piperidine rings is 1. The number of amides is 2. The van der Waals surface area contributed by atoms with E-state index >= 15 is 0 Å². The molecule has 4 heterocycles. The predicted octanol–water partition coefficient (Wildman–Crippen LogP) is 3.14. The van der Waals surface area contributed by atoms with Crippen LogP contribution in [0.2, 0.25) is 0 Å². The van der Waals surface area contributed by atoms with Crippen LogP contribution in [-0.2, 0) is 0 Å². The first-order valence-electron chi connectivity index (χ1n) is 9.43. The van der Waals surface area contributed by atoms with Gasteiger partial charge in [-0.3, -0.25) is 0 Å². The van der Waals surface area contributed by atoms with Crippen molar-refractivity contribution in [3.8, 4) is 11.3 Å². The van der Waals surface area contributed by atoms with Gasteiger partial charge in [0.05, 0.1) is 17.0 Å². The number of nitrogens with zero attached hydrogens (tertiary/aromatic N) is 5. The molecule has 2 aromatic heterocycles. The number of aromatic nitrogens is 3. The minimum atomic E-state index is 0.200. The lowest BCUT2D eigenvalue weighted by molar-refractivity contribution is 0.148. The van der Waals surface area contributed by atoms with Crippen molar-refractivity contribution in [2.45, 2.75) is 45.4 Å². The van der Waals surface area contributed by atoms with E-state index in [-0.39, 0.29) is 6.03 Å². The van der Waals surface area contributed by atoms with E-state index in [1.807, 2.05) is 35.9 Å². The van der Waals surface area contributed by atoms with Gasteiger partial charge in [-0.2, -0.15) is 0 Å². The molecule has 2 fully saturated rings. The highest BCUT2D eigenvalue weighted by atomic mass is 16.5. The van der Waals surface area contributed by atoms with Crippen LogP contribution in [0.5, 0.6) is 0 Å². The highest BCUT2D eigenvalue weighted by molar-refractivity contribution is 5.75. The Kier molecular flexibility index (Phi) is 4.61. The molecule has 2 saturated heterocycles. The van der Waals surface area contributed by atoms with Crippen molar-refractivity contribution < 1.29 is 9.32 Å². The van der Waals surface area contributed by atoms with Gasteiger partial charge in [-0.25, -0.2) is 14.8 Å². The van der Waals surface area contributed by atoms with Gasteiger partial charge >= 0.3 is 6.03 Å². The van der Waals surface area contributed by atoms with Crippen LogP contribution in [-0.4, -0.2) is 57.1 Å². The van der Waals surface area contributed by atoms with Gasteiger partial charge in [-0.15, -0.1) is 0 Å². The topological polar surface area (TPSA) is 75.4 Å². The van der Waals surface area contributed by atoms with Gasteiger partial charge in [0, 0.05) is 44.4 Å². The maximum absolute atomic E-state index is 12.6. The number of carbonyl (C=O) groups is 1. The summed E-state index contributed by atoms with van der Waals surface area (Å²) in [6.45, 7) is 7.17. The minimum absolute atomic E-state index is 0.200. The summed E-state index contributed by atoms with van der Waals surface area (Å²) in [5.74, 6) is 1.78. The van der Waals surface area contributed by atoms with E-state index in [2.05, 4.69) is 10.1 Å². The molecule has 2 amide bonds. The van der Waals surface area contributed by atoms with Gasteiger partial charge in [0.2, 0.25) is 0 Å². The first-order chi connectivity index (χ1) is 12.6. The summed E-state index contributed by atoms with van der Waals surface area (Å²) in [5, 5.41) is 3.99. The van der Waals surface area contributed by atoms with Crippen LogP contribution < -0.4 is 0 Å². The Morgan fingerprint density at radius 1 is 1.12 bits per heavy atom. The second kappa shape index (κ2) is 7.05. The molecule has 0 unspecified atom stereocenters. The molecule has 0 N–H and O–H groups in total. The number of aryl methyl sites for hydroxylation is 2. The van der Waals surface area contributed by atoms with Crippen molar-refractivity contribution in [2.75, 3.05) is 26.2 Å². The number of hydrogen-bond donors (Lipinski definition) is 0. The van der Waals surface area contributed by atoms with E-state index in [1.165, 1.54) is 0 Å². The summed E-state index contributed by atoms with van der Waals surface area (Å²) in [7, 11) is 0. The van der Waals surface area contributed by atoms with Gasteiger partial charge in [0.1, 0.15) is 5.82 Å². The molecule has 0 bridgehead atoms. The monoisotopic (exact) mass is 355 g/mol. The first-order valence-corrected chi connectivity index (χ1v) is 9.43. The van der Waals surface area contributed by atoms with Gasteiger partial charge in [-0.1, -0.05) is 5.16 Å². The Morgan fingerprint density at radius 3 is 2.46 bits per heavy atom. The molecule has 0 spiro atoms. The molecule has 2 aromatic rings. The SMILES string of the molecule is Cc1cc(-c2cnc(C)nc2C2CCN(C(=O)N3CCCC3)CC2)on1. The summed E-state index contributed by atoms with van der Waals surface area (Å²) in [6.07, 6.45) is 5.91. The maximum Gasteiger partial charge on any atom is 0.319 e. The average molecular weight is 355 g/mol. The van der Waals surface area contributed by atoms with Crippen LogP contribution in [0.4, 0.5) is 4.79 Å². The van der Waals surface area contributed by atoms with E-state index in [0.717, 1.165) is 74.6 Å². The van der Waals surface area contributed by atoms with Crippen molar-refractivity contribution in [2.24, 2.45) is 0 Å². The van der Waals surface area contributed by atoms with Gasteiger partial charge in [-0.05, 0) is 39.5 Å². The summed E-state index contributed by atoms with van der Waals surface area (Å²) in [6, 6.07) is 2.12. The fraction of sp³-hybridized carbons (Fsp3) is 0.579. The molecule has 0 aliphatic carbocycles. The van der Waals surface area contributed by atoms with Crippen LogP contribution in [0, 0.1) is 13.8 Å². The molecule has 4 rings (SSSR count). The molecule has 0 radical (unpaired) electrons. The molecule has 0 atom stereocenters. The Balaban J connectivity index is 1.50. The summed E-state index contributed by atoms with van der Waals surface area (Å²) < 4.78 is 5.45. The summed E-state index contributed by atoms with van der Waals surface area (Å²) in [4.78, 5) is 25.6. The average Bonchev–Trinajstić information content (AvgIpc) is 3.33. The van der Waals surface area contributed by atoms with Crippen molar-refractivity contribution in [1.29, 1.82) is 0 Å². The lowest BCUT2D eigenvalue weighted by Gasteiger charge is -2.34. The van der Waals surface area contributed by atoms with Crippen LogP contribution in [0.3, 0.4) is 0 Å². The number of carbonyl (C=O) groups excluding carboxylic acids is 1. The molecule has 0 aromatic carbocycles. The maximum atomic E-state index is 12.6. The van der Waals surface area contributed by atoms with Crippen LogP contribution in [0.1, 0.15) is 48.8 Å². The smallest absolute Gasteiger partial charge is 0.319 e. The van der Waals surface area contributed by atoms with Crippen LogP contribution >= 0.6 is 0 Å². The van der Waals surface area contributed by atoms with E-state index < -0.39 is 0 Å². The summed E-state index contributed by atoms with van der Waals surface area (Å²) >= 11 is 0. The van der Waals surface area contributed by atoms with Crippen molar-refractivity contribution in [1.82, 2.24) is 24.9 Å². The van der Waals surface area contributed by atoms with Crippen molar-refractivity contribution in [3.63, 3.8) is 0 Å². The van der Waals surface area contributed by atoms with E-state index in [1.54, 1.807) is 0 Å². The fourth-order valence-electron chi connectivity index (χ4n) is 3.93. The minimum Gasteiger partial charge on any atom is -0.356 e. The van der Waals surface area contributed by atoms with Crippen LogP contribution in [0.25, 0.3) is 11.3 Å². The Morgan fingerprint density at radius 2 is 1.81 bits per heavy atom. The van der Waals surface area contributed by atoms with E-state index in [4.69, 9.17) is 9.51 Å². The van der Waals surface area contributed by atoms with Crippen molar-refractivity contribution >= 4 is 6.03 Å². The summed E-state index contributed by atoms with van der Waals surface area (Å²) in [5.41, 5.74) is 2.78. The second-order valence-electron chi connectivity index (χ2n) is 7.29. The molecule has 2 aliphatic heterocycles. The Hall–Kier alpha value is -2.44. The third-order valence-electron chi connectivity index (χ3n) is 5.36. The molecule has 7 heteroatoms. The zero-order chi connectivity index (χ0) is 18.1. The predicted molar refractivity (Wildman–Crippen MR) is 96.8 cm³/mol. The van der Waals surface area contributed by atoms with Crippen LogP contribution in [0.15, 0.2) is 16.8 Å². The molecule has 2 aliphatic rings. The molecule has 7 nitrogen and oxygen atoms in total. The number of likely N-dealkylation sites (tertiary alicyclic amines) is 2. The second-order valence-corrected chi connectivity index (χ2v) is 7.29. The number of hydrogen-bond acceptors (Lipinski definition) is 5. The first kappa shape index (κ1) is 17.0. The number of rotatable bonds is 2. The largest absolute Gasteiger partial charge is 0.356 e.